The molecule has 4 nitrogen and oxygen atoms in total. The predicted octanol–water partition coefficient (Wildman–Crippen LogP) is 5.25. The van der Waals surface area contributed by atoms with Crippen molar-refractivity contribution >= 4 is 11.6 Å². The highest BCUT2D eigenvalue weighted by Crippen LogP contribution is 2.28. The molecule has 1 fully saturated rings. The molecule has 0 radical (unpaired) electrons. The van der Waals surface area contributed by atoms with E-state index < -0.39 is 0 Å². The number of rotatable bonds is 5. The second-order valence-electron chi connectivity index (χ2n) is 7.21. The van der Waals surface area contributed by atoms with E-state index in [0.29, 0.717) is 12.3 Å². The van der Waals surface area contributed by atoms with Crippen LogP contribution in [0.4, 0.5) is 5.69 Å². The lowest BCUT2D eigenvalue weighted by Gasteiger charge is -2.14. The first kappa shape index (κ1) is 17.7. The maximum absolute atomic E-state index is 12.3. The van der Waals surface area contributed by atoms with Gasteiger partial charge in [0.15, 0.2) is 0 Å². The number of hydrogen-bond acceptors (Lipinski definition) is 2. The first-order valence-corrected chi connectivity index (χ1v) is 9.61. The fourth-order valence-electron chi connectivity index (χ4n) is 3.88. The van der Waals surface area contributed by atoms with E-state index in [9.17, 15) is 4.79 Å². The molecule has 0 bridgehead atoms. The highest BCUT2D eigenvalue weighted by molar-refractivity contribution is 5.91. The Morgan fingerprint density at radius 1 is 1.16 bits per heavy atom. The highest BCUT2D eigenvalue weighted by Gasteiger charge is 2.16. The molecule has 1 amide bonds. The first-order chi connectivity index (χ1) is 12.2. The Kier molecular flexibility index (Phi) is 5.90. The SMILES string of the molecule is CCc1n[nH]c(C)c1-c1ccc(NC(=O)CC2CCCCCC2)cc1. The zero-order valence-corrected chi connectivity index (χ0v) is 15.4. The molecule has 134 valence electrons. The molecule has 1 saturated carbocycles. The van der Waals surface area contributed by atoms with Crippen molar-refractivity contribution in [1.29, 1.82) is 0 Å². The summed E-state index contributed by atoms with van der Waals surface area (Å²) < 4.78 is 0. The first-order valence-electron chi connectivity index (χ1n) is 9.61. The molecule has 0 saturated heterocycles. The molecule has 0 aliphatic heterocycles. The van der Waals surface area contributed by atoms with Gasteiger partial charge in [0, 0.05) is 23.4 Å². The summed E-state index contributed by atoms with van der Waals surface area (Å²) in [7, 11) is 0. The second-order valence-corrected chi connectivity index (χ2v) is 7.21. The number of amides is 1. The smallest absolute Gasteiger partial charge is 0.224 e. The van der Waals surface area contributed by atoms with Gasteiger partial charge in [0.1, 0.15) is 0 Å². The maximum atomic E-state index is 12.3. The van der Waals surface area contributed by atoms with Crippen molar-refractivity contribution in [1.82, 2.24) is 10.2 Å². The van der Waals surface area contributed by atoms with E-state index in [-0.39, 0.29) is 5.91 Å². The van der Waals surface area contributed by atoms with Gasteiger partial charge >= 0.3 is 0 Å². The standard InChI is InChI=1S/C21H29N3O/c1-3-19-21(15(2)23-24-19)17-10-12-18(13-11-17)22-20(25)14-16-8-6-4-5-7-9-16/h10-13,16H,3-9,14H2,1-2H3,(H,22,25)(H,23,24). The third-order valence-corrected chi connectivity index (χ3v) is 5.26. The van der Waals surface area contributed by atoms with Crippen LogP contribution in [-0.2, 0) is 11.2 Å². The van der Waals surface area contributed by atoms with Crippen molar-refractivity contribution in [3.05, 3.63) is 35.7 Å². The van der Waals surface area contributed by atoms with Crippen LogP contribution >= 0.6 is 0 Å². The Hall–Kier alpha value is -2.10. The second kappa shape index (κ2) is 8.32. The Morgan fingerprint density at radius 3 is 2.48 bits per heavy atom. The number of nitrogens with one attached hydrogen (secondary N) is 2. The van der Waals surface area contributed by atoms with Gasteiger partial charge < -0.3 is 5.32 Å². The van der Waals surface area contributed by atoms with Gasteiger partial charge in [0.05, 0.1) is 5.69 Å². The van der Waals surface area contributed by atoms with Crippen molar-refractivity contribution in [2.45, 2.75) is 65.2 Å². The number of carbonyl (C=O) groups excluding carboxylic acids is 1. The number of nitrogens with zero attached hydrogens (tertiary/aromatic N) is 1. The number of hydrogen-bond donors (Lipinski definition) is 2. The molecule has 2 aromatic rings. The van der Waals surface area contributed by atoms with Crippen LogP contribution in [-0.4, -0.2) is 16.1 Å². The van der Waals surface area contributed by atoms with Crippen LogP contribution in [0.1, 0.15) is 63.3 Å². The summed E-state index contributed by atoms with van der Waals surface area (Å²) in [5, 5.41) is 10.5. The van der Waals surface area contributed by atoms with Crippen LogP contribution in [0, 0.1) is 12.8 Å². The molecular formula is C21H29N3O. The summed E-state index contributed by atoms with van der Waals surface area (Å²) in [5.74, 6) is 0.704. The summed E-state index contributed by atoms with van der Waals surface area (Å²) in [6.07, 6.45) is 9.16. The zero-order chi connectivity index (χ0) is 17.6. The van der Waals surface area contributed by atoms with Crippen LogP contribution < -0.4 is 5.32 Å². The maximum Gasteiger partial charge on any atom is 0.224 e. The van der Waals surface area contributed by atoms with Crippen molar-refractivity contribution < 1.29 is 4.79 Å². The van der Waals surface area contributed by atoms with Crippen LogP contribution in [0.5, 0.6) is 0 Å². The normalized spacial score (nSPS) is 15.8. The molecule has 3 rings (SSSR count). The molecule has 1 aromatic carbocycles. The molecule has 0 spiro atoms. The van der Waals surface area contributed by atoms with E-state index in [2.05, 4.69) is 34.6 Å². The van der Waals surface area contributed by atoms with Crippen LogP contribution in [0.3, 0.4) is 0 Å². The Morgan fingerprint density at radius 2 is 1.84 bits per heavy atom. The van der Waals surface area contributed by atoms with Gasteiger partial charge in [-0.05, 0) is 49.8 Å². The number of carbonyl (C=O) groups is 1. The van der Waals surface area contributed by atoms with E-state index in [1.165, 1.54) is 44.1 Å². The molecular weight excluding hydrogens is 310 g/mol. The molecule has 1 aliphatic carbocycles. The molecule has 1 aliphatic rings. The minimum absolute atomic E-state index is 0.147. The zero-order valence-electron chi connectivity index (χ0n) is 15.4. The van der Waals surface area contributed by atoms with Crippen LogP contribution in [0.15, 0.2) is 24.3 Å². The lowest BCUT2D eigenvalue weighted by Crippen LogP contribution is -2.16. The van der Waals surface area contributed by atoms with Gasteiger partial charge in [-0.25, -0.2) is 0 Å². The van der Waals surface area contributed by atoms with Gasteiger partial charge in [-0.1, -0.05) is 44.7 Å². The minimum Gasteiger partial charge on any atom is -0.326 e. The summed E-state index contributed by atoms with van der Waals surface area (Å²) >= 11 is 0. The third kappa shape index (κ3) is 4.50. The van der Waals surface area contributed by atoms with Gasteiger partial charge in [-0.2, -0.15) is 5.10 Å². The number of aromatic nitrogens is 2. The highest BCUT2D eigenvalue weighted by atomic mass is 16.1. The number of aromatic amines is 1. The van der Waals surface area contributed by atoms with Gasteiger partial charge in [0.2, 0.25) is 5.91 Å². The van der Waals surface area contributed by atoms with E-state index in [1.54, 1.807) is 0 Å². The van der Waals surface area contributed by atoms with Crippen molar-refractivity contribution in [2.75, 3.05) is 5.32 Å². The average molecular weight is 339 g/mol. The third-order valence-electron chi connectivity index (χ3n) is 5.26. The number of anilines is 1. The molecule has 0 unspecified atom stereocenters. The molecule has 1 heterocycles. The molecule has 4 heteroatoms. The van der Waals surface area contributed by atoms with Crippen molar-refractivity contribution in [3.63, 3.8) is 0 Å². The number of H-pyrrole nitrogens is 1. The Labute approximate surface area is 150 Å². The number of benzene rings is 1. The Balaban J connectivity index is 1.62. The monoisotopic (exact) mass is 339 g/mol. The quantitative estimate of drug-likeness (QED) is 0.731. The Bertz CT molecular complexity index is 694. The van der Waals surface area contributed by atoms with Crippen molar-refractivity contribution in [2.24, 2.45) is 5.92 Å². The lowest BCUT2D eigenvalue weighted by atomic mass is 9.96. The summed E-state index contributed by atoms with van der Waals surface area (Å²) in [6, 6.07) is 8.12. The molecule has 0 atom stereocenters. The van der Waals surface area contributed by atoms with E-state index in [1.807, 2.05) is 19.1 Å². The van der Waals surface area contributed by atoms with E-state index in [4.69, 9.17) is 0 Å². The van der Waals surface area contributed by atoms with Gasteiger partial charge in [0.25, 0.3) is 0 Å². The predicted molar refractivity (Wildman–Crippen MR) is 103 cm³/mol. The number of aryl methyl sites for hydroxylation is 2. The topological polar surface area (TPSA) is 57.8 Å². The average Bonchev–Trinajstić information content (AvgIpc) is 2.80. The summed E-state index contributed by atoms with van der Waals surface area (Å²) in [6.45, 7) is 4.16. The van der Waals surface area contributed by atoms with Crippen molar-refractivity contribution in [3.8, 4) is 11.1 Å². The van der Waals surface area contributed by atoms with Gasteiger partial charge in [-0.3, -0.25) is 9.89 Å². The molecule has 1 aromatic heterocycles. The van der Waals surface area contributed by atoms with E-state index in [0.717, 1.165) is 29.1 Å². The van der Waals surface area contributed by atoms with E-state index >= 15 is 0 Å². The van der Waals surface area contributed by atoms with Crippen LogP contribution in [0.25, 0.3) is 11.1 Å². The fraction of sp³-hybridized carbons (Fsp3) is 0.524. The minimum atomic E-state index is 0.147. The summed E-state index contributed by atoms with van der Waals surface area (Å²) in [4.78, 5) is 12.3. The largest absolute Gasteiger partial charge is 0.326 e. The fourth-order valence-corrected chi connectivity index (χ4v) is 3.88. The molecule has 25 heavy (non-hydrogen) atoms. The summed E-state index contributed by atoms with van der Waals surface area (Å²) in [5.41, 5.74) is 5.37. The molecule has 2 N–H and O–H groups in total. The lowest BCUT2D eigenvalue weighted by molar-refractivity contribution is -0.117. The van der Waals surface area contributed by atoms with Crippen LogP contribution in [0.2, 0.25) is 0 Å². The van der Waals surface area contributed by atoms with Gasteiger partial charge in [-0.15, -0.1) is 0 Å².